The summed E-state index contributed by atoms with van der Waals surface area (Å²) in [6.07, 6.45) is 5.29. The molecule has 19 heavy (non-hydrogen) atoms. The number of piperidine rings is 1. The molecule has 1 aromatic carbocycles. The lowest BCUT2D eigenvalue weighted by atomic mass is 10.1. The van der Waals surface area contributed by atoms with Gasteiger partial charge in [0.05, 0.1) is 0 Å². The SMILES string of the molecule is CC(C)NCCc1ccc(CN2CCCCC2)cc1. The molecule has 0 bridgehead atoms. The maximum atomic E-state index is 3.47. The van der Waals surface area contributed by atoms with Gasteiger partial charge in [-0.1, -0.05) is 44.5 Å². The molecule has 2 rings (SSSR count). The lowest BCUT2D eigenvalue weighted by Gasteiger charge is -2.26. The average Bonchev–Trinajstić information content (AvgIpc) is 2.42. The van der Waals surface area contributed by atoms with Crippen LogP contribution in [0, 0.1) is 0 Å². The Morgan fingerprint density at radius 1 is 1.00 bits per heavy atom. The van der Waals surface area contributed by atoms with Crippen LogP contribution in [0.15, 0.2) is 24.3 Å². The van der Waals surface area contributed by atoms with Gasteiger partial charge in [0.25, 0.3) is 0 Å². The van der Waals surface area contributed by atoms with Crippen LogP contribution in [0.3, 0.4) is 0 Å². The normalized spacial score (nSPS) is 17.0. The summed E-state index contributed by atoms with van der Waals surface area (Å²) in [6.45, 7) is 9.15. The van der Waals surface area contributed by atoms with E-state index < -0.39 is 0 Å². The van der Waals surface area contributed by atoms with Crippen LogP contribution in [0.4, 0.5) is 0 Å². The van der Waals surface area contributed by atoms with Crippen molar-refractivity contribution in [2.24, 2.45) is 0 Å². The van der Waals surface area contributed by atoms with E-state index in [2.05, 4.69) is 48.3 Å². The van der Waals surface area contributed by atoms with Crippen molar-refractivity contribution in [1.29, 1.82) is 0 Å². The molecule has 1 N–H and O–H groups in total. The molecule has 1 aliphatic heterocycles. The van der Waals surface area contributed by atoms with Crippen molar-refractivity contribution < 1.29 is 0 Å². The monoisotopic (exact) mass is 260 g/mol. The summed E-state index contributed by atoms with van der Waals surface area (Å²) in [5.41, 5.74) is 2.90. The summed E-state index contributed by atoms with van der Waals surface area (Å²) >= 11 is 0. The standard InChI is InChI=1S/C17H28N2/c1-15(2)18-11-10-16-6-8-17(9-7-16)14-19-12-4-3-5-13-19/h6-9,15,18H,3-5,10-14H2,1-2H3. The zero-order chi connectivity index (χ0) is 13.5. The first-order valence-electron chi connectivity index (χ1n) is 7.77. The van der Waals surface area contributed by atoms with Crippen molar-refractivity contribution in [2.45, 2.75) is 52.1 Å². The Hall–Kier alpha value is -0.860. The molecule has 0 aromatic heterocycles. The van der Waals surface area contributed by atoms with Gasteiger partial charge >= 0.3 is 0 Å². The molecular weight excluding hydrogens is 232 g/mol. The Balaban J connectivity index is 1.77. The molecule has 1 fully saturated rings. The summed E-state index contributed by atoms with van der Waals surface area (Å²) in [6, 6.07) is 9.78. The van der Waals surface area contributed by atoms with Crippen LogP contribution in [-0.4, -0.2) is 30.6 Å². The molecule has 106 valence electrons. The Morgan fingerprint density at radius 3 is 2.26 bits per heavy atom. The zero-order valence-corrected chi connectivity index (χ0v) is 12.5. The minimum absolute atomic E-state index is 0.582. The Labute approximate surface area is 118 Å². The number of nitrogens with zero attached hydrogens (tertiary/aromatic N) is 1. The van der Waals surface area contributed by atoms with Crippen LogP contribution >= 0.6 is 0 Å². The van der Waals surface area contributed by atoms with E-state index in [0.717, 1.165) is 19.5 Å². The predicted octanol–water partition coefficient (Wildman–Crippen LogP) is 3.21. The van der Waals surface area contributed by atoms with E-state index in [4.69, 9.17) is 0 Å². The van der Waals surface area contributed by atoms with E-state index in [1.54, 1.807) is 0 Å². The fraction of sp³-hybridized carbons (Fsp3) is 0.647. The first kappa shape index (κ1) is 14.5. The molecule has 0 unspecified atom stereocenters. The van der Waals surface area contributed by atoms with Crippen LogP contribution in [-0.2, 0) is 13.0 Å². The van der Waals surface area contributed by atoms with Gasteiger partial charge in [0.2, 0.25) is 0 Å². The molecule has 2 nitrogen and oxygen atoms in total. The van der Waals surface area contributed by atoms with Gasteiger partial charge in [0.1, 0.15) is 0 Å². The molecule has 0 spiro atoms. The highest BCUT2D eigenvalue weighted by Gasteiger charge is 2.09. The van der Waals surface area contributed by atoms with Gasteiger partial charge < -0.3 is 5.32 Å². The molecular formula is C17H28N2. The van der Waals surface area contributed by atoms with Crippen molar-refractivity contribution >= 4 is 0 Å². The predicted molar refractivity (Wildman–Crippen MR) is 82.4 cm³/mol. The van der Waals surface area contributed by atoms with Gasteiger partial charge in [-0.15, -0.1) is 0 Å². The van der Waals surface area contributed by atoms with E-state index in [-0.39, 0.29) is 0 Å². The third-order valence-corrected chi connectivity index (χ3v) is 3.84. The first-order valence-corrected chi connectivity index (χ1v) is 7.77. The van der Waals surface area contributed by atoms with Gasteiger partial charge in [-0.2, -0.15) is 0 Å². The van der Waals surface area contributed by atoms with Crippen molar-refractivity contribution in [2.75, 3.05) is 19.6 Å². The summed E-state index contributed by atoms with van der Waals surface area (Å²) in [7, 11) is 0. The molecule has 2 heteroatoms. The number of benzene rings is 1. The third-order valence-electron chi connectivity index (χ3n) is 3.84. The van der Waals surface area contributed by atoms with Gasteiger partial charge in [0, 0.05) is 12.6 Å². The van der Waals surface area contributed by atoms with Gasteiger partial charge in [-0.05, 0) is 50.0 Å². The van der Waals surface area contributed by atoms with Gasteiger partial charge in [-0.25, -0.2) is 0 Å². The second-order valence-electron chi connectivity index (χ2n) is 6.01. The smallest absolute Gasteiger partial charge is 0.0233 e. The fourth-order valence-corrected chi connectivity index (χ4v) is 2.69. The van der Waals surface area contributed by atoms with Crippen LogP contribution in [0.1, 0.15) is 44.2 Å². The molecule has 0 radical (unpaired) electrons. The van der Waals surface area contributed by atoms with E-state index in [1.807, 2.05) is 0 Å². The Morgan fingerprint density at radius 2 is 1.63 bits per heavy atom. The van der Waals surface area contributed by atoms with E-state index >= 15 is 0 Å². The molecule has 0 saturated carbocycles. The van der Waals surface area contributed by atoms with Crippen LogP contribution in [0.2, 0.25) is 0 Å². The fourth-order valence-electron chi connectivity index (χ4n) is 2.69. The molecule has 1 aliphatic rings. The first-order chi connectivity index (χ1) is 9.24. The lowest BCUT2D eigenvalue weighted by Crippen LogP contribution is -2.29. The molecule has 1 heterocycles. The number of likely N-dealkylation sites (tertiary alicyclic amines) is 1. The summed E-state index contributed by atoms with van der Waals surface area (Å²) in [5, 5.41) is 3.47. The van der Waals surface area contributed by atoms with Crippen molar-refractivity contribution in [3.8, 4) is 0 Å². The minimum Gasteiger partial charge on any atom is -0.314 e. The summed E-state index contributed by atoms with van der Waals surface area (Å²) in [4.78, 5) is 2.58. The van der Waals surface area contributed by atoms with Crippen molar-refractivity contribution in [1.82, 2.24) is 10.2 Å². The van der Waals surface area contributed by atoms with Crippen molar-refractivity contribution in [3.63, 3.8) is 0 Å². The van der Waals surface area contributed by atoms with E-state index in [9.17, 15) is 0 Å². The quantitative estimate of drug-likeness (QED) is 0.845. The molecule has 0 aliphatic carbocycles. The molecule has 0 amide bonds. The van der Waals surface area contributed by atoms with Crippen LogP contribution in [0.5, 0.6) is 0 Å². The summed E-state index contributed by atoms with van der Waals surface area (Å²) < 4.78 is 0. The number of rotatable bonds is 6. The van der Waals surface area contributed by atoms with Crippen LogP contribution in [0.25, 0.3) is 0 Å². The number of hydrogen-bond acceptors (Lipinski definition) is 2. The molecule has 1 saturated heterocycles. The number of nitrogens with one attached hydrogen (secondary N) is 1. The largest absolute Gasteiger partial charge is 0.314 e. The third kappa shape index (κ3) is 5.33. The Kier molecular flexibility index (Phi) is 5.87. The highest BCUT2D eigenvalue weighted by molar-refractivity contribution is 5.22. The topological polar surface area (TPSA) is 15.3 Å². The van der Waals surface area contributed by atoms with Crippen molar-refractivity contribution in [3.05, 3.63) is 35.4 Å². The molecule has 1 aromatic rings. The molecule has 0 atom stereocenters. The lowest BCUT2D eigenvalue weighted by molar-refractivity contribution is 0.221. The second-order valence-corrected chi connectivity index (χ2v) is 6.01. The second kappa shape index (κ2) is 7.66. The number of hydrogen-bond donors (Lipinski definition) is 1. The zero-order valence-electron chi connectivity index (χ0n) is 12.5. The highest BCUT2D eigenvalue weighted by Crippen LogP contribution is 2.13. The highest BCUT2D eigenvalue weighted by atomic mass is 15.1. The summed E-state index contributed by atoms with van der Waals surface area (Å²) in [5.74, 6) is 0. The Bertz CT molecular complexity index is 350. The van der Waals surface area contributed by atoms with E-state index in [1.165, 1.54) is 43.5 Å². The minimum atomic E-state index is 0.582. The van der Waals surface area contributed by atoms with E-state index in [0.29, 0.717) is 6.04 Å². The van der Waals surface area contributed by atoms with Gasteiger partial charge in [-0.3, -0.25) is 4.90 Å². The maximum Gasteiger partial charge on any atom is 0.0233 e. The average molecular weight is 260 g/mol. The van der Waals surface area contributed by atoms with Crippen LogP contribution < -0.4 is 5.32 Å². The maximum absolute atomic E-state index is 3.47. The van der Waals surface area contributed by atoms with Gasteiger partial charge in [0.15, 0.2) is 0 Å².